The zero-order valence-corrected chi connectivity index (χ0v) is 12.4. The fourth-order valence-corrected chi connectivity index (χ4v) is 2.34. The van der Waals surface area contributed by atoms with Crippen molar-refractivity contribution in [3.63, 3.8) is 0 Å². The second-order valence-corrected chi connectivity index (χ2v) is 5.79. The van der Waals surface area contributed by atoms with Crippen LogP contribution in [0.1, 0.15) is 22.8 Å². The van der Waals surface area contributed by atoms with E-state index in [1.807, 2.05) is 12.3 Å². The summed E-state index contributed by atoms with van der Waals surface area (Å²) in [4.78, 5) is 23.2. The number of Topliss-reactive ketones (excluding diaryl/α,β-unsaturated/α-hetero) is 1. The number of alkyl halides is 1. The normalized spacial score (nSPS) is 12.6. The third-order valence-corrected chi connectivity index (χ3v) is 3.52. The van der Waals surface area contributed by atoms with Gasteiger partial charge in [-0.2, -0.15) is 0 Å². The number of carbonyl (C=O) groups is 2. The number of carbonyl (C=O) groups excluding carboxylic acids is 1. The van der Waals surface area contributed by atoms with Gasteiger partial charge >= 0.3 is 5.97 Å². The van der Waals surface area contributed by atoms with Gasteiger partial charge in [-0.15, -0.1) is 11.8 Å². The predicted octanol–water partition coefficient (Wildman–Crippen LogP) is 3.47. The van der Waals surface area contributed by atoms with Gasteiger partial charge in [-0.25, -0.2) is 4.79 Å². The lowest BCUT2D eigenvalue weighted by molar-refractivity contribution is -0.131. The van der Waals surface area contributed by atoms with Crippen molar-refractivity contribution < 1.29 is 14.7 Å². The van der Waals surface area contributed by atoms with Gasteiger partial charge in [-0.05, 0) is 30.9 Å². The lowest BCUT2D eigenvalue weighted by Gasteiger charge is -2.10. The first kappa shape index (κ1) is 15.0. The number of carboxylic acids is 1. The molecule has 0 saturated heterocycles. The zero-order valence-electron chi connectivity index (χ0n) is 10.0. The van der Waals surface area contributed by atoms with Crippen LogP contribution in [-0.4, -0.2) is 27.9 Å². The second-order valence-electron chi connectivity index (χ2n) is 3.57. The Hall–Kier alpha value is -1.07. The molecule has 5 heteroatoms. The van der Waals surface area contributed by atoms with Gasteiger partial charge in [-0.1, -0.05) is 28.1 Å². The molecule has 1 N–H and O–H groups in total. The summed E-state index contributed by atoms with van der Waals surface area (Å²) in [5.74, 6) is -1.09. The molecule has 1 atom stereocenters. The fourth-order valence-electron chi connectivity index (χ4n) is 1.48. The molecule has 0 radical (unpaired) electrons. The monoisotopic (exact) mass is 328 g/mol. The number of aliphatic carboxylic acids is 1. The molecule has 0 aliphatic rings. The first-order chi connectivity index (χ1) is 8.47. The van der Waals surface area contributed by atoms with Crippen molar-refractivity contribution in [2.45, 2.75) is 16.6 Å². The van der Waals surface area contributed by atoms with Crippen LogP contribution >= 0.6 is 27.7 Å². The van der Waals surface area contributed by atoms with Crippen molar-refractivity contribution in [3.8, 4) is 0 Å². The van der Waals surface area contributed by atoms with Crippen molar-refractivity contribution in [2.24, 2.45) is 0 Å². The molecule has 0 aromatic heterocycles. The number of ketones is 1. The Kier molecular flexibility index (Phi) is 5.62. The lowest BCUT2D eigenvalue weighted by atomic mass is 10.0. The highest BCUT2D eigenvalue weighted by Crippen LogP contribution is 2.26. The Morgan fingerprint density at radius 3 is 2.61 bits per heavy atom. The van der Waals surface area contributed by atoms with Crippen LogP contribution in [0.2, 0.25) is 0 Å². The minimum atomic E-state index is -1.03. The number of rotatable bonds is 5. The summed E-state index contributed by atoms with van der Waals surface area (Å²) in [6, 6.07) is 5.37. The Bertz CT molecular complexity index is 495. The molecule has 0 bridgehead atoms. The van der Waals surface area contributed by atoms with E-state index in [1.54, 1.807) is 19.1 Å². The Morgan fingerprint density at radius 1 is 1.44 bits per heavy atom. The number of carboxylic acid groups (broad SMARTS) is 1. The number of benzene rings is 1. The second kappa shape index (κ2) is 6.75. The van der Waals surface area contributed by atoms with Gasteiger partial charge in [0.15, 0.2) is 5.78 Å². The number of halogens is 1. The van der Waals surface area contributed by atoms with Gasteiger partial charge in [0.1, 0.15) is 0 Å². The van der Waals surface area contributed by atoms with Crippen LogP contribution in [0.3, 0.4) is 0 Å². The highest BCUT2D eigenvalue weighted by Gasteiger charge is 2.16. The predicted molar refractivity (Wildman–Crippen MR) is 77.6 cm³/mol. The van der Waals surface area contributed by atoms with Gasteiger partial charge in [0.2, 0.25) is 0 Å². The van der Waals surface area contributed by atoms with Crippen molar-refractivity contribution in [3.05, 3.63) is 35.4 Å². The molecule has 1 aromatic carbocycles. The molecule has 0 saturated carbocycles. The molecule has 0 spiro atoms. The third kappa shape index (κ3) is 3.71. The first-order valence-corrected chi connectivity index (χ1v) is 7.37. The van der Waals surface area contributed by atoms with Gasteiger partial charge in [0.25, 0.3) is 0 Å². The van der Waals surface area contributed by atoms with Crippen LogP contribution in [0.15, 0.2) is 29.2 Å². The van der Waals surface area contributed by atoms with E-state index in [-0.39, 0.29) is 10.6 Å². The van der Waals surface area contributed by atoms with Crippen molar-refractivity contribution in [1.82, 2.24) is 0 Å². The molecule has 0 fully saturated rings. The largest absolute Gasteiger partial charge is 0.478 e. The van der Waals surface area contributed by atoms with Crippen molar-refractivity contribution >= 4 is 45.5 Å². The lowest BCUT2D eigenvalue weighted by Crippen LogP contribution is -2.12. The minimum Gasteiger partial charge on any atom is -0.478 e. The molecular weight excluding hydrogens is 316 g/mol. The van der Waals surface area contributed by atoms with E-state index in [0.717, 1.165) is 11.0 Å². The van der Waals surface area contributed by atoms with Crippen molar-refractivity contribution in [2.75, 3.05) is 6.26 Å². The quantitative estimate of drug-likeness (QED) is 0.389. The molecule has 1 unspecified atom stereocenters. The number of hydrogen-bond donors (Lipinski definition) is 1. The molecular formula is C13H13BrO3S. The van der Waals surface area contributed by atoms with Crippen LogP contribution in [0.25, 0.3) is 6.08 Å². The average molecular weight is 329 g/mol. The maximum absolute atomic E-state index is 12.0. The van der Waals surface area contributed by atoms with Crippen molar-refractivity contribution in [1.29, 1.82) is 0 Å². The molecule has 0 heterocycles. The van der Waals surface area contributed by atoms with Gasteiger partial charge in [-0.3, -0.25) is 4.79 Å². The van der Waals surface area contributed by atoms with E-state index in [2.05, 4.69) is 15.9 Å². The SMILES string of the molecule is CSc1cccc(C(=O)C(C)Br)c1C=CC(=O)O. The molecule has 1 rings (SSSR count). The highest BCUT2D eigenvalue weighted by molar-refractivity contribution is 9.10. The standard InChI is InChI=1S/C13H13BrO3S/c1-8(14)13(17)10-4-3-5-11(18-2)9(10)6-7-12(15)16/h3-8H,1-2H3,(H,15,16). The summed E-state index contributed by atoms with van der Waals surface area (Å²) in [7, 11) is 0. The molecule has 0 aliphatic carbocycles. The minimum absolute atomic E-state index is 0.0593. The molecule has 1 aromatic rings. The third-order valence-electron chi connectivity index (χ3n) is 2.31. The smallest absolute Gasteiger partial charge is 0.328 e. The first-order valence-electron chi connectivity index (χ1n) is 5.23. The highest BCUT2D eigenvalue weighted by atomic mass is 79.9. The summed E-state index contributed by atoms with van der Waals surface area (Å²) < 4.78 is 0. The Morgan fingerprint density at radius 2 is 2.11 bits per heavy atom. The Labute approximate surface area is 118 Å². The zero-order chi connectivity index (χ0) is 13.7. The van der Waals surface area contributed by atoms with Crippen LogP contribution in [0, 0.1) is 0 Å². The van der Waals surface area contributed by atoms with E-state index in [1.165, 1.54) is 17.8 Å². The fraction of sp³-hybridized carbons (Fsp3) is 0.231. The summed E-state index contributed by atoms with van der Waals surface area (Å²) in [5.41, 5.74) is 1.19. The van der Waals surface area contributed by atoms with Crippen LogP contribution in [-0.2, 0) is 4.79 Å². The Balaban J connectivity index is 3.33. The van der Waals surface area contributed by atoms with E-state index < -0.39 is 5.97 Å². The maximum Gasteiger partial charge on any atom is 0.328 e. The topological polar surface area (TPSA) is 54.4 Å². The van der Waals surface area contributed by atoms with Crippen LogP contribution < -0.4 is 0 Å². The average Bonchev–Trinajstić information content (AvgIpc) is 2.34. The van der Waals surface area contributed by atoms with Gasteiger partial charge < -0.3 is 5.11 Å². The maximum atomic E-state index is 12.0. The summed E-state index contributed by atoms with van der Waals surface area (Å²) >= 11 is 4.72. The molecule has 0 amide bonds. The van der Waals surface area contributed by atoms with Gasteiger partial charge in [0, 0.05) is 16.5 Å². The summed E-state index contributed by atoms with van der Waals surface area (Å²) in [6.45, 7) is 1.75. The number of hydrogen-bond acceptors (Lipinski definition) is 3. The molecule has 18 heavy (non-hydrogen) atoms. The van der Waals surface area contributed by atoms with Gasteiger partial charge in [0.05, 0.1) is 4.83 Å². The van der Waals surface area contributed by atoms with E-state index in [4.69, 9.17) is 5.11 Å². The van der Waals surface area contributed by atoms with Crippen LogP contribution in [0.5, 0.6) is 0 Å². The van der Waals surface area contributed by atoms with E-state index in [0.29, 0.717) is 11.1 Å². The number of thioether (sulfide) groups is 1. The van der Waals surface area contributed by atoms with E-state index >= 15 is 0 Å². The molecule has 3 nitrogen and oxygen atoms in total. The molecule has 96 valence electrons. The molecule has 0 aliphatic heterocycles. The van der Waals surface area contributed by atoms with E-state index in [9.17, 15) is 9.59 Å². The summed E-state index contributed by atoms with van der Waals surface area (Å²) in [5, 5.41) is 8.69. The summed E-state index contributed by atoms with van der Waals surface area (Å²) in [6.07, 6.45) is 4.40. The van der Waals surface area contributed by atoms with Crippen LogP contribution in [0.4, 0.5) is 0 Å².